The Balaban J connectivity index is 2.21. The maximum absolute atomic E-state index is 5.41. The van der Waals surface area contributed by atoms with Gasteiger partial charge in [-0.3, -0.25) is 4.98 Å². The van der Waals surface area contributed by atoms with E-state index in [0.717, 1.165) is 31.1 Å². The molecule has 0 amide bonds. The number of hydrogen-bond acceptors (Lipinski definition) is 4. The molecular weight excluding hydrogens is 226 g/mol. The van der Waals surface area contributed by atoms with Crippen LogP contribution in [0.15, 0.2) is 41.3 Å². The van der Waals surface area contributed by atoms with Crippen LogP contribution in [0.5, 0.6) is 0 Å². The summed E-state index contributed by atoms with van der Waals surface area (Å²) in [7, 11) is 1.95. The van der Waals surface area contributed by atoms with Gasteiger partial charge in [0.2, 0.25) is 0 Å². The van der Waals surface area contributed by atoms with Crippen LogP contribution < -0.4 is 10.2 Å². The summed E-state index contributed by atoms with van der Waals surface area (Å²) in [5.74, 6) is 0.969. The van der Waals surface area contributed by atoms with Crippen molar-refractivity contribution in [1.82, 2.24) is 10.3 Å². The molecule has 2 aromatic heterocycles. The molecule has 2 rings (SSSR count). The Morgan fingerprint density at radius 3 is 2.94 bits per heavy atom. The van der Waals surface area contributed by atoms with E-state index in [0.29, 0.717) is 0 Å². The maximum Gasteiger partial charge on any atom is 0.123 e. The summed E-state index contributed by atoms with van der Waals surface area (Å²) in [6, 6.07) is 5.97. The Morgan fingerprint density at radius 2 is 2.28 bits per heavy atom. The molecule has 0 aliphatic rings. The Kier molecular flexibility index (Phi) is 4.36. The highest BCUT2D eigenvalue weighted by Crippen LogP contribution is 2.21. The highest BCUT2D eigenvalue weighted by molar-refractivity contribution is 5.51. The molecule has 0 saturated carbocycles. The van der Waals surface area contributed by atoms with E-state index >= 15 is 0 Å². The van der Waals surface area contributed by atoms with E-state index in [4.69, 9.17) is 4.42 Å². The SMILES string of the molecule is CCN(Cc1ccco1)c1cnccc1CNC. The lowest BCUT2D eigenvalue weighted by atomic mass is 10.2. The number of pyridine rings is 1. The average molecular weight is 245 g/mol. The van der Waals surface area contributed by atoms with Gasteiger partial charge < -0.3 is 14.6 Å². The first-order valence-electron chi connectivity index (χ1n) is 6.20. The highest BCUT2D eigenvalue weighted by Gasteiger charge is 2.11. The zero-order valence-corrected chi connectivity index (χ0v) is 10.9. The van der Waals surface area contributed by atoms with Gasteiger partial charge in [-0.1, -0.05) is 0 Å². The molecule has 96 valence electrons. The molecule has 0 aromatic carbocycles. The Hall–Kier alpha value is -1.81. The van der Waals surface area contributed by atoms with E-state index in [2.05, 4.69) is 28.2 Å². The summed E-state index contributed by atoms with van der Waals surface area (Å²) < 4.78 is 5.41. The molecule has 0 unspecified atom stereocenters. The minimum Gasteiger partial charge on any atom is -0.467 e. The van der Waals surface area contributed by atoms with E-state index in [-0.39, 0.29) is 0 Å². The fourth-order valence-electron chi connectivity index (χ4n) is 2.00. The molecule has 18 heavy (non-hydrogen) atoms. The number of aromatic nitrogens is 1. The van der Waals surface area contributed by atoms with Crippen LogP contribution in [0.4, 0.5) is 5.69 Å². The lowest BCUT2D eigenvalue weighted by Gasteiger charge is -2.24. The first-order chi connectivity index (χ1) is 8.85. The molecule has 0 spiro atoms. The molecule has 0 aliphatic carbocycles. The second-order valence-electron chi connectivity index (χ2n) is 4.13. The minimum absolute atomic E-state index is 0.770. The third kappa shape index (κ3) is 2.90. The number of anilines is 1. The van der Waals surface area contributed by atoms with Crippen LogP contribution in [-0.4, -0.2) is 18.6 Å². The van der Waals surface area contributed by atoms with E-state index in [1.165, 1.54) is 5.56 Å². The molecule has 2 aromatic rings. The summed E-state index contributed by atoms with van der Waals surface area (Å²) in [5, 5.41) is 3.18. The Morgan fingerprint density at radius 1 is 1.39 bits per heavy atom. The number of nitrogens with one attached hydrogen (secondary N) is 1. The largest absolute Gasteiger partial charge is 0.467 e. The lowest BCUT2D eigenvalue weighted by molar-refractivity contribution is 0.503. The van der Waals surface area contributed by atoms with Crippen molar-refractivity contribution in [2.24, 2.45) is 0 Å². The molecule has 0 saturated heterocycles. The van der Waals surface area contributed by atoms with Gasteiger partial charge in [0.25, 0.3) is 0 Å². The van der Waals surface area contributed by atoms with Crippen molar-refractivity contribution in [2.45, 2.75) is 20.0 Å². The zero-order valence-electron chi connectivity index (χ0n) is 10.9. The van der Waals surface area contributed by atoms with Crippen LogP contribution >= 0.6 is 0 Å². The molecule has 0 fully saturated rings. The van der Waals surface area contributed by atoms with Crippen molar-refractivity contribution in [3.8, 4) is 0 Å². The van der Waals surface area contributed by atoms with Crippen molar-refractivity contribution in [1.29, 1.82) is 0 Å². The van der Waals surface area contributed by atoms with Gasteiger partial charge in [0, 0.05) is 19.3 Å². The summed E-state index contributed by atoms with van der Waals surface area (Å²) in [5.41, 5.74) is 2.41. The van der Waals surface area contributed by atoms with Crippen molar-refractivity contribution in [2.75, 3.05) is 18.5 Å². The van der Waals surface area contributed by atoms with E-state index in [1.54, 1.807) is 6.26 Å². The van der Waals surface area contributed by atoms with E-state index in [1.807, 2.05) is 31.6 Å². The van der Waals surface area contributed by atoms with E-state index in [9.17, 15) is 0 Å². The second-order valence-corrected chi connectivity index (χ2v) is 4.13. The van der Waals surface area contributed by atoms with Crippen LogP contribution in [0.3, 0.4) is 0 Å². The molecule has 0 bridgehead atoms. The molecule has 4 nitrogen and oxygen atoms in total. The van der Waals surface area contributed by atoms with Crippen molar-refractivity contribution in [3.63, 3.8) is 0 Å². The number of nitrogens with zero attached hydrogens (tertiary/aromatic N) is 2. The topological polar surface area (TPSA) is 41.3 Å². The van der Waals surface area contributed by atoms with Gasteiger partial charge in [0.05, 0.1) is 24.7 Å². The molecule has 2 heterocycles. The second kappa shape index (κ2) is 6.21. The van der Waals surface area contributed by atoms with Gasteiger partial charge in [0.1, 0.15) is 5.76 Å². The average Bonchev–Trinajstić information content (AvgIpc) is 2.90. The van der Waals surface area contributed by atoms with Crippen LogP contribution in [0.1, 0.15) is 18.2 Å². The Bertz CT molecular complexity index is 468. The van der Waals surface area contributed by atoms with Gasteiger partial charge in [-0.2, -0.15) is 0 Å². The van der Waals surface area contributed by atoms with Crippen molar-refractivity contribution < 1.29 is 4.42 Å². The van der Waals surface area contributed by atoms with E-state index < -0.39 is 0 Å². The predicted octanol–water partition coefficient (Wildman–Crippen LogP) is 2.42. The maximum atomic E-state index is 5.41. The summed E-state index contributed by atoms with van der Waals surface area (Å²) >= 11 is 0. The highest BCUT2D eigenvalue weighted by atomic mass is 16.3. The fourth-order valence-corrected chi connectivity index (χ4v) is 2.00. The smallest absolute Gasteiger partial charge is 0.123 e. The van der Waals surface area contributed by atoms with Gasteiger partial charge in [0.15, 0.2) is 0 Å². The van der Waals surface area contributed by atoms with Crippen molar-refractivity contribution >= 4 is 5.69 Å². The number of hydrogen-bond donors (Lipinski definition) is 1. The summed E-state index contributed by atoms with van der Waals surface area (Å²) in [6.07, 6.45) is 5.46. The number of rotatable bonds is 6. The zero-order chi connectivity index (χ0) is 12.8. The van der Waals surface area contributed by atoms with Crippen LogP contribution in [0.2, 0.25) is 0 Å². The molecule has 0 radical (unpaired) electrons. The normalized spacial score (nSPS) is 10.6. The Labute approximate surface area is 108 Å². The van der Waals surface area contributed by atoms with Crippen LogP contribution in [0, 0.1) is 0 Å². The summed E-state index contributed by atoms with van der Waals surface area (Å²) in [6.45, 7) is 4.67. The predicted molar refractivity (Wildman–Crippen MR) is 72.4 cm³/mol. The summed E-state index contributed by atoms with van der Waals surface area (Å²) in [4.78, 5) is 6.49. The third-order valence-electron chi connectivity index (χ3n) is 2.90. The lowest BCUT2D eigenvalue weighted by Crippen LogP contribution is -2.24. The quantitative estimate of drug-likeness (QED) is 0.848. The first kappa shape index (κ1) is 12.6. The minimum atomic E-state index is 0.770. The molecule has 4 heteroatoms. The molecular formula is C14H19N3O. The molecule has 0 aliphatic heterocycles. The van der Waals surface area contributed by atoms with Crippen molar-refractivity contribution in [3.05, 3.63) is 48.2 Å². The number of furan rings is 1. The monoisotopic (exact) mass is 245 g/mol. The molecule has 0 atom stereocenters. The standard InChI is InChI=1S/C14H19N3O/c1-3-17(11-13-5-4-8-18-13)14-10-16-7-6-12(14)9-15-2/h4-8,10,15H,3,9,11H2,1-2H3. The van der Waals surface area contributed by atoms with Gasteiger partial charge in [-0.05, 0) is 37.7 Å². The van der Waals surface area contributed by atoms with Crippen LogP contribution in [-0.2, 0) is 13.1 Å². The van der Waals surface area contributed by atoms with Gasteiger partial charge in [-0.25, -0.2) is 0 Å². The van der Waals surface area contributed by atoms with Crippen LogP contribution in [0.25, 0.3) is 0 Å². The van der Waals surface area contributed by atoms with Gasteiger partial charge in [-0.15, -0.1) is 0 Å². The van der Waals surface area contributed by atoms with Gasteiger partial charge >= 0.3 is 0 Å². The first-order valence-corrected chi connectivity index (χ1v) is 6.20. The third-order valence-corrected chi connectivity index (χ3v) is 2.90. The molecule has 1 N–H and O–H groups in total. The fraction of sp³-hybridized carbons (Fsp3) is 0.357.